The first-order chi connectivity index (χ1) is 10.0. The first-order valence-corrected chi connectivity index (χ1v) is 7.52. The molecular weight excluding hydrogens is 334 g/mol. The highest BCUT2D eigenvalue weighted by molar-refractivity contribution is 9.10. The lowest BCUT2D eigenvalue weighted by Gasteiger charge is -2.12. The first-order valence-electron chi connectivity index (χ1n) is 6.72. The van der Waals surface area contributed by atoms with Crippen molar-refractivity contribution in [2.75, 3.05) is 5.32 Å². The molecule has 0 spiro atoms. The summed E-state index contributed by atoms with van der Waals surface area (Å²) < 4.78 is 1.92. The molecule has 1 aromatic carbocycles. The maximum absolute atomic E-state index is 12.1. The van der Waals surface area contributed by atoms with E-state index < -0.39 is 0 Å². The average molecular weight is 352 g/mol. The van der Waals surface area contributed by atoms with Crippen LogP contribution in [0.3, 0.4) is 0 Å². The number of nitrogens with one attached hydrogen (secondary N) is 1. The largest absolute Gasteiger partial charge is 0.392 e. The molecule has 112 valence electrons. The smallest absolute Gasteiger partial charge is 0.283 e. The summed E-state index contributed by atoms with van der Waals surface area (Å²) in [5, 5.41) is 16.4. The van der Waals surface area contributed by atoms with Gasteiger partial charge in [0.1, 0.15) is 4.47 Å². The molecule has 0 aliphatic heterocycles. The molecule has 0 unspecified atom stereocenters. The van der Waals surface area contributed by atoms with Crippen molar-refractivity contribution in [3.63, 3.8) is 0 Å². The van der Waals surface area contributed by atoms with E-state index in [0.29, 0.717) is 16.7 Å². The van der Waals surface area contributed by atoms with E-state index in [9.17, 15) is 4.79 Å². The molecule has 0 aliphatic rings. The van der Waals surface area contributed by atoms with E-state index in [2.05, 4.69) is 26.3 Å². The molecule has 0 radical (unpaired) electrons. The van der Waals surface area contributed by atoms with Crippen LogP contribution in [-0.4, -0.2) is 14.9 Å². The molecule has 0 saturated heterocycles. The number of hydrogen-bond acceptors (Lipinski definition) is 4. The van der Waals surface area contributed by atoms with Gasteiger partial charge in [0.15, 0.2) is 0 Å². The number of rotatable bonds is 5. The van der Waals surface area contributed by atoms with Crippen molar-refractivity contribution in [2.45, 2.75) is 33.0 Å². The third kappa shape index (κ3) is 3.71. The van der Waals surface area contributed by atoms with Gasteiger partial charge in [-0.2, -0.15) is 5.10 Å². The Kier molecular flexibility index (Phi) is 5.14. The number of aliphatic hydroxyl groups is 1. The fraction of sp³-hybridized carbons (Fsp3) is 0.333. The standard InChI is InChI=1S/C15H18BrN3O2/c1-10(2)19-15(21)14(16)13(8-18-19)17-7-11-3-5-12(9-20)6-4-11/h3-6,8,10,17,20H,7,9H2,1-2H3. The lowest BCUT2D eigenvalue weighted by Crippen LogP contribution is -2.26. The number of halogens is 1. The van der Waals surface area contributed by atoms with E-state index in [1.165, 1.54) is 4.68 Å². The van der Waals surface area contributed by atoms with Gasteiger partial charge in [-0.15, -0.1) is 0 Å². The third-order valence-electron chi connectivity index (χ3n) is 3.12. The normalized spacial score (nSPS) is 10.9. The number of aromatic nitrogens is 2. The van der Waals surface area contributed by atoms with Gasteiger partial charge >= 0.3 is 0 Å². The summed E-state index contributed by atoms with van der Waals surface area (Å²) in [5.74, 6) is 0. The summed E-state index contributed by atoms with van der Waals surface area (Å²) in [6.45, 7) is 4.45. The minimum atomic E-state index is -0.148. The minimum absolute atomic E-state index is 0.0221. The number of aliphatic hydroxyl groups excluding tert-OH is 1. The van der Waals surface area contributed by atoms with Crippen molar-refractivity contribution in [1.29, 1.82) is 0 Å². The Hall–Kier alpha value is -1.66. The first kappa shape index (κ1) is 15.7. The quantitative estimate of drug-likeness (QED) is 0.868. The van der Waals surface area contributed by atoms with Crippen LogP contribution < -0.4 is 10.9 Å². The van der Waals surface area contributed by atoms with Crippen molar-refractivity contribution in [1.82, 2.24) is 9.78 Å². The molecule has 0 amide bonds. The van der Waals surface area contributed by atoms with Gasteiger partial charge in [0.2, 0.25) is 0 Å². The molecule has 1 aromatic heterocycles. The van der Waals surface area contributed by atoms with Crippen LogP contribution in [0.15, 0.2) is 39.7 Å². The molecule has 0 saturated carbocycles. The maximum atomic E-state index is 12.1. The molecule has 2 rings (SSSR count). The average Bonchev–Trinajstić information content (AvgIpc) is 2.49. The van der Waals surface area contributed by atoms with Crippen molar-refractivity contribution in [3.8, 4) is 0 Å². The number of anilines is 1. The molecule has 0 aliphatic carbocycles. The van der Waals surface area contributed by atoms with Gasteiger partial charge in [-0.3, -0.25) is 4.79 Å². The van der Waals surface area contributed by atoms with Crippen LogP contribution in [0.4, 0.5) is 5.69 Å². The van der Waals surface area contributed by atoms with Crippen LogP contribution in [-0.2, 0) is 13.2 Å². The van der Waals surface area contributed by atoms with Gasteiger partial charge in [-0.1, -0.05) is 24.3 Å². The molecule has 5 nitrogen and oxygen atoms in total. The van der Waals surface area contributed by atoms with Crippen LogP contribution in [0.25, 0.3) is 0 Å². The van der Waals surface area contributed by atoms with Crippen molar-refractivity contribution in [3.05, 3.63) is 56.4 Å². The fourth-order valence-corrected chi connectivity index (χ4v) is 2.32. The van der Waals surface area contributed by atoms with Crippen LogP contribution in [0, 0.1) is 0 Å². The van der Waals surface area contributed by atoms with E-state index in [0.717, 1.165) is 11.1 Å². The Balaban J connectivity index is 2.13. The predicted molar refractivity (Wildman–Crippen MR) is 86.3 cm³/mol. The highest BCUT2D eigenvalue weighted by Crippen LogP contribution is 2.18. The van der Waals surface area contributed by atoms with Gasteiger partial charge in [-0.25, -0.2) is 4.68 Å². The zero-order valence-corrected chi connectivity index (χ0v) is 13.6. The topological polar surface area (TPSA) is 67.2 Å². The summed E-state index contributed by atoms with van der Waals surface area (Å²) in [4.78, 5) is 12.1. The summed E-state index contributed by atoms with van der Waals surface area (Å²) in [7, 11) is 0. The molecule has 0 fully saturated rings. The molecule has 6 heteroatoms. The fourth-order valence-electron chi connectivity index (χ4n) is 1.90. The van der Waals surface area contributed by atoms with E-state index in [4.69, 9.17) is 5.11 Å². The maximum Gasteiger partial charge on any atom is 0.283 e. The van der Waals surface area contributed by atoms with Crippen molar-refractivity contribution >= 4 is 21.6 Å². The SMILES string of the molecule is CC(C)n1ncc(NCc2ccc(CO)cc2)c(Br)c1=O. The Morgan fingerprint density at radius 3 is 2.48 bits per heavy atom. The second-order valence-corrected chi connectivity index (χ2v) is 5.84. The summed E-state index contributed by atoms with van der Waals surface area (Å²) in [5.41, 5.74) is 2.46. The predicted octanol–water partition coefficient (Wildman–Crippen LogP) is 2.69. The summed E-state index contributed by atoms with van der Waals surface area (Å²) >= 11 is 3.33. The Morgan fingerprint density at radius 2 is 1.90 bits per heavy atom. The second kappa shape index (κ2) is 6.87. The van der Waals surface area contributed by atoms with Gasteiger partial charge in [0.25, 0.3) is 5.56 Å². The number of benzene rings is 1. The lowest BCUT2D eigenvalue weighted by molar-refractivity contribution is 0.282. The summed E-state index contributed by atoms with van der Waals surface area (Å²) in [6.07, 6.45) is 1.65. The third-order valence-corrected chi connectivity index (χ3v) is 3.89. The minimum Gasteiger partial charge on any atom is -0.392 e. The highest BCUT2D eigenvalue weighted by atomic mass is 79.9. The highest BCUT2D eigenvalue weighted by Gasteiger charge is 2.10. The molecule has 2 N–H and O–H groups in total. The zero-order chi connectivity index (χ0) is 15.4. The summed E-state index contributed by atoms with van der Waals surface area (Å²) in [6, 6.07) is 7.65. The number of hydrogen-bond donors (Lipinski definition) is 2. The second-order valence-electron chi connectivity index (χ2n) is 5.04. The molecule has 1 heterocycles. The molecule has 0 atom stereocenters. The van der Waals surface area contributed by atoms with Gasteiger partial charge < -0.3 is 10.4 Å². The van der Waals surface area contributed by atoms with E-state index in [1.807, 2.05) is 38.1 Å². The van der Waals surface area contributed by atoms with Crippen LogP contribution in [0.5, 0.6) is 0 Å². The van der Waals surface area contributed by atoms with Crippen LogP contribution in [0.2, 0.25) is 0 Å². The van der Waals surface area contributed by atoms with Gasteiger partial charge in [-0.05, 0) is 40.9 Å². The van der Waals surface area contributed by atoms with Gasteiger partial charge in [0.05, 0.1) is 24.5 Å². The van der Waals surface area contributed by atoms with E-state index >= 15 is 0 Å². The molecule has 0 bridgehead atoms. The zero-order valence-electron chi connectivity index (χ0n) is 12.0. The Morgan fingerprint density at radius 1 is 1.29 bits per heavy atom. The molecule has 2 aromatic rings. The lowest BCUT2D eigenvalue weighted by atomic mass is 10.1. The number of nitrogens with zero attached hydrogens (tertiary/aromatic N) is 2. The monoisotopic (exact) mass is 351 g/mol. The van der Waals surface area contributed by atoms with Crippen molar-refractivity contribution < 1.29 is 5.11 Å². The molecule has 21 heavy (non-hydrogen) atoms. The Labute approximate surface area is 131 Å². The van der Waals surface area contributed by atoms with E-state index in [1.54, 1.807) is 6.20 Å². The van der Waals surface area contributed by atoms with Crippen molar-refractivity contribution in [2.24, 2.45) is 0 Å². The Bertz CT molecular complexity index is 666. The van der Waals surface area contributed by atoms with Crippen LogP contribution >= 0.6 is 15.9 Å². The van der Waals surface area contributed by atoms with Crippen LogP contribution in [0.1, 0.15) is 31.0 Å². The van der Waals surface area contributed by atoms with Gasteiger partial charge in [0, 0.05) is 6.54 Å². The van der Waals surface area contributed by atoms with E-state index in [-0.39, 0.29) is 18.2 Å². The molecular formula is C15H18BrN3O2.